The fourth-order valence-electron chi connectivity index (χ4n) is 2.58. The number of carbonyl (C=O) groups excluding carboxylic acids is 1. The van der Waals surface area contributed by atoms with E-state index in [-0.39, 0.29) is 0 Å². The Balaban J connectivity index is 2.43. The highest BCUT2D eigenvalue weighted by atomic mass is 16.6. The molecule has 0 aromatic heterocycles. The van der Waals surface area contributed by atoms with Crippen LogP contribution in [0.5, 0.6) is 0 Å². The van der Waals surface area contributed by atoms with Crippen molar-refractivity contribution in [2.45, 2.75) is 26.2 Å². The van der Waals surface area contributed by atoms with E-state index in [1.807, 2.05) is 19.1 Å². The molecule has 0 radical (unpaired) electrons. The van der Waals surface area contributed by atoms with Crippen LogP contribution in [0, 0.1) is 0 Å². The molecule has 1 aliphatic rings. The molecule has 1 aromatic carbocycles. The molecule has 5 nitrogen and oxygen atoms in total. The highest BCUT2D eigenvalue weighted by Crippen LogP contribution is 2.29. The van der Waals surface area contributed by atoms with Gasteiger partial charge in [0.25, 0.3) is 0 Å². The fraction of sp³-hybridized carbons (Fsp3) is 0.412. The summed E-state index contributed by atoms with van der Waals surface area (Å²) in [5, 5.41) is 4.16. The van der Waals surface area contributed by atoms with E-state index in [0.29, 0.717) is 18.6 Å². The quantitative estimate of drug-likeness (QED) is 0.363. The van der Waals surface area contributed by atoms with Crippen LogP contribution in [0.15, 0.2) is 29.6 Å². The third kappa shape index (κ3) is 3.47. The zero-order valence-electron chi connectivity index (χ0n) is 13.2. The van der Waals surface area contributed by atoms with Gasteiger partial charge in [-0.2, -0.15) is 0 Å². The van der Waals surface area contributed by atoms with Crippen molar-refractivity contribution in [2.75, 3.05) is 20.8 Å². The van der Waals surface area contributed by atoms with Crippen LogP contribution in [0.4, 0.5) is 0 Å². The van der Waals surface area contributed by atoms with Crippen LogP contribution in [0.25, 0.3) is 5.57 Å². The number of hydrogen-bond acceptors (Lipinski definition) is 5. The summed E-state index contributed by atoms with van der Waals surface area (Å²) < 4.78 is 9.91. The zero-order chi connectivity index (χ0) is 15.9. The maximum Gasteiger partial charge on any atom is 0.341 e. The average molecular weight is 303 g/mol. The maximum atomic E-state index is 12.0. The van der Waals surface area contributed by atoms with E-state index in [9.17, 15) is 4.79 Å². The van der Waals surface area contributed by atoms with Gasteiger partial charge >= 0.3 is 5.97 Å². The Hall–Kier alpha value is -2.30. The summed E-state index contributed by atoms with van der Waals surface area (Å²) in [7, 11) is 2.88. The van der Waals surface area contributed by atoms with Crippen LogP contribution in [0.1, 0.15) is 30.0 Å². The molecule has 1 aliphatic carbocycles. The molecule has 2 rings (SSSR count). The van der Waals surface area contributed by atoms with Crippen LogP contribution in [0.3, 0.4) is 0 Å². The van der Waals surface area contributed by atoms with Gasteiger partial charge in [0.15, 0.2) is 0 Å². The minimum atomic E-state index is -0.413. The largest absolute Gasteiger partial charge is 0.503 e. The molecule has 0 bridgehead atoms. The number of benzene rings is 1. The van der Waals surface area contributed by atoms with Crippen molar-refractivity contribution in [3.63, 3.8) is 0 Å². The van der Waals surface area contributed by atoms with Crippen molar-refractivity contribution in [3.05, 3.63) is 41.2 Å². The second kappa shape index (κ2) is 7.64. The smallest absolute Gasteiger partial charge is 0.341 e. The van der Waals surface area contributed by atoms with Gasteiger partial charge in [0.2, 0.25) is 0 Å². The number of oxime groups is 1. The summed E-state index contributed by atoms with van der Waals surface area (Å²) in [5.74, 6) is -0.413. The van der Waals surface area contributed by atoms with Crippen molar-refractivity contribution < 1.29 is 19.1 Å². The summed E-state index contributed by atoms with van der Waals surface area (Å²) in [6, 6.07) is 5.94. The molecule has 0 amide bonds. The first-order valence-corrected chi connectivity index (χ1v) is 7.31. The van der Waals surface area contributed by atoms with E-state index < -0.39 is 5.97 Å². The van der Waals surface area contributed by atoms with E-state index in [4.69, 9.17) is 14.3 Å². The summed E-state index contributed by atoms with van der Waals surface area (Å²) in [5.41, 5.74) is 4.54. The SMILES string of the molecule is CCO/N=C1\CCc2cccc(/C(=C\OC)C(=O)OC)c2C1. The lowest BCUT2D eigenvalue weighted by Gasteiger charge is -2.21. The number of ether oxygens (including phenoxy) is 2. The standard InChI is InChI=1S/C17H21NO4/c1-4-22-18-13-9-8-12-6-5-7-14(15(12)10-13)16(11-20-2)17(19)21-3/h5-7,11H,4,8-10H2,1-3H3/b16-11+,18-13+. The van der Waals surface area contributed by atoms with Gasteiger partial charge in [-0.25, -0.2) is 4.79 Å². The predicted molar refractivity (Wildman–Crippen MR) is 84.5 cm³/mol. The molecule has 118 valence electrons. The first kappa shape index (κ1) is 16.1. The Morgan fingerprint density at radius 2 is 2.14 bits per heavy atom. The number of hydrogen-bond donors (Lipinski definition) is 0. The third-order valence-corrected chi connectivity index (χ3v) is 3.59. The van der Waals surface area contributed by atoms with Crippen molar-refractivity contribution in [2.24, 2.45) is 5.16 Å². The van der Waals surface area contributed by atoms with Crippen LogP contribution < -0.4 is 0 Å². The number of methoxy groups -OCH3 is 2. The number of esters is 1. The third-order valence-electron chi connectivity index (χ3n) is 3.59. The summed E-state index contributed by atoms with van der Waals surface area (Å²) in [6.07, 6.45) is 3.85. The van der Waals surface area contributed by atoms with E-state index in [2.05, 4.69) is 11.2 Å². The van der Waals surface area contributed by atoms with Crippen molar-refractivity contribution in [1.29, 1.82) is 0 Å². The first-order chi connectivity index (χ1) is 10.7. The lowest BCUT2D eigenvalue weighted by atomic mass is 9.85. The second-order valence-electron chi connectivity index (χ2n) is 4.95. The van der Waals surface area contributed by atoms with E-state index >= 15 is 0 Å². The fourth-order valence-corrected chi connectivity index (χ4v) is 2.58. The molecular formula is C17H21NO4. The van der Waals surface area contributed by atoms with Gasteiger partial charge in [-0.05, 0) is 36.5 Å². The Bertz CT molecular complexity index is 605. The Morgan fingerprint density at radius 3 is 2.82 bits per heavy atom. The first-order valence-electron chi connectivity index (χ1n) is 7.31. The van der Waals surface area contributed by atoms with Crippen LogP contribution in [-0.4, -0.2) is 32.5 Å². The van der Waals surface area contributed by atoms with Crippen molar-refractivity contribution in [1.82, 2.24) is 0 Å². The molecule has 0 unspecified atom stereocenters. The molecule has 0 heterocycles. The Labute approximate surface area is 130 Å². The molecule has 0 atom stereocenters. The highest BCUT2D eigenvalue weighted by molar-refractivity contribution is 6.17. The molecule has 0 saturated carbocycles. The maximum absolute atomic E-state index is 12.0. The number of carbonyl (C=O) groups is 1. The van der Waals surface area contributed by atoms with Gasteiger partial charge < -0.3 is 14.3 Å². The number of aryl methyl sites for hydroxylation is 1. The van der Waals surface area contributed by atoms with Crippen molar-refractivity contribution in [3.8, 4) is 0 Å². The van der Waals surface area contributed by atoms with Crippen LogP contribution in [0.2, 0.25) is 0 Å². The molecule has 0 saturated heterocycles. The minimum Gasteiger partial charge on any atom is -0.503 e. The topological polar surface area (TPSA) is 57.1 Å². The van der Waals surface area contributed by atoms with Gasteiger partial charge in [0.05, 0.1) is 26.2 Å². The van der Waals surface area contributed by atoms with Gasteiger partial charge in [0, 0.05) is 6.42 Å². The van der Waals surface area contributed by atoms with Crippen LogP contribution >= 0.6 is 0 Å². The predicted octanol–water partition coefficient (Wildman–Crippen LogP) is 2.73. The molecule has 1 aromatic rings. The summed E-state index contributed by atoms with van der Waals surface area (Å²) in [4.78, 5) is 17.2. The monoisotopic (exact) mass is 303 g/mol. The van der Waals surface area contributed by atoms with Gasteiger partial charge in [-0.1, -0.05) is 23.4 Å². The van der Waals surface area contributed by atoms with Gasteiger partial charge in [-0.3, -0.25) is 0 Å². The number of nitrogens with zero attached hydrogens (tertiary/aromatic N) is 1. The normalized spacial score (nSPS) is 16.1. The van der Waals surface area contributed by atoms with E-state index in [1.165, 1.54) is 26.0 Å². The Kier molecular flexibility index (Phi) is 5.58. The van der Waals surface area contributed by atoms with Crippen molar-refractivity contribution >= 4 is 17.3 Å². The molecule has 0 spiro atoms. The van der Waals surface area contributed by atoms with Crippen LogP contribution in [-0.2, 0) is 31.9 Å². The zero-order valence-corrected chi connectivity index (χ0v) is 13.2. The molecule has 5 heteroatoms. The molecule has 0 N–H and O–H groups in total. The molecule has 0 fully saturated rings. The van der Waals surface area contributed by atoms with E-state index in [0.717, 1.165) is 29.7 Å². The minimum absolute atomic E-state index is 0.413. The van der Waals surface area contributed by atoms with Gasteiger partial charge in [-0.15, -0.1) is 0 Å². The summed E-state index contributed by atoms with van der Waals surface area (Å²) in [6.45, 7) is 2.46. The highest BCUT2D eigenvalue weighted by Gasteiger charge is 2.23. The van der Waals surface area contributed by atoms with Gasteiger partial charge in [0.1, 0.15) is 12.2 Å². The lowest BCUT2D eigenvalue weighted by Crippen LogP contribution is -2.17. The van der Waals surface area contributed by atoms with E-state index in [1.54, 1.807) is 0 Å². The lowest BCUT2D eigenvalue weighted by molar-refractivity contribution is -0.133. The number of fused-ring (bicyclic) bond motifs is 1. The second-order valence-corrected chi connectivity index (χ2v) is 4.95. The summed E-state index contributed by atoms with van der Waals surface area (Å²) >= 11 is 0. The Morgan fingerprint density at radius 1 is 1.32 bits per heavy atom. The number of rotatable bonds is 5. The molecule has 22 heavy (non-hydrogen) atoms. The molecular weight excluding hydrogens is 282 g/mol. The molecule has 0 aliphatic heterocycles. The average Bonchev–Trinajstić information content (AvgIpc) is 2.56.